The number of halogens is 3. The molecule has 3 N–H and O–H groups in total. The number of carboxylic acid groups (broad SMARTS) is 1. The van der Waals surface area contributed by atoms with Crippen molar-refractivity contribution in [3.05, 3.63) is 58.2 Å². The summed E-state index contributed by atoms with van der Waals surface area (Å²) in [7, 11) is -4.64. The van der Waals surface area contributed by atoms with Crippen LogP contribution in [0.25, 0.3) is 0 Å². The number of amides is 1. The van der Waals surface area contributed by atoms with Gasteiger partial charge < -0.3 is 10.8 Å². The molecule has 0 heterocycles. The summed E-state index contributed by atoms with van der Waals surface area (Å²) in [5.74, 6) is 0. The summed E-state index contributed by atoms with van der Waals surface area (Å²) < 4.78 is 28.8. The van der Waals surface area contributed by atoms with E-state index in [1.54, 1.807) is 0 Å². The standard InChI is InChI=1S/C15H12BrCl2N3O7S2/c16-14(17)5-1-2-6-15(14,18)28-30(26,27)10-4-3-9(11(7-10)21(24)25)8-20(12(19)29)13(22)23/h1-7H,8H2,(H2,19,29)(H,22,23). The minimum atomic E-state index is -4.64. The van der Waals surface area contributed by atoms with Crippen molar-refractivity contribution in [1.29, 1.82) is 0 Å². The van der Waals surface area contributed by atoms with Gasteiger partial charge in [-0.3, -0.25) is 10.1 Å². The number of alkyl halides is 3. The Hall–Kier alpha value is -1.77. The van der Waals surface area contributed by atoms with Crippen molar-refractivity contribution < 1.29 is 27.4 Å². The maximum absolute atomic E-state index is 12.7. The van der Waals surface area contributed by atoms with E-state index < -0.39 is 52.2 Å². The Labute approximate surface area is 194 Å². The number of nitro groups is 1. The molecule has 0 fully saturated rings. The highest BCUT2D eigenvalue weighted by atomic mass is 79.9. The Balaban J connectivity index is 2.45. The number of rotatable bonds is 6. The smallest absolute Gasteiger partial charge is 0.413 e. The minimum Gasteiger partial charge on any atom is -0.465 e. The second kappa shape index (κ2) is 8.77. The first-order chi connectivity index (χ1) is 13.7. The molecule has 1 aliphatic rings. The molecule has 1 amide bonds. The van der Waals surface area contributed by atoms with E-state index in [0.717, 1.165) is 12.1 Å². The van der Waals surface area contributed by atoms with Gasteiger partial charge in [0.15, 0.2) is 8.90 Å². The van der Waals surface area contributed by atoms with E-state index in [4.69, 9.17) is 38.2 Å². The lowest BCUT2D eigenvalue weighted by Gasteiger charge is -2.34. The van der Waals surface area contributed by atoms with Crippen LogP contribution in [0.2, 0.25) is 0 Å². The fraction of sp³-hybridized carbons (Fsp3) is 0.200. The van der Waals surface area contributed by atoms with Gasteiger partial charge in [-0.15, -0.1) is 0 Å². The van der Waals surface area contributed by atoms with Crippen molar-refractivity contribution in [2.24, 2.45) is 5.73 Å². The number of nitro benzene ring substituents is 1. The van der Waals surface area contributed by atoms with Crippen molar-refractivity contribution in [1.82, 2.24) is 4.90 Å². The molecule has 0 aromatic heterocycles. The van der Waals surface area contributed by atoms with Gasteiger partial charge in [-0.2, -0.15) is 8.42 Å². The fourth-order valence-electron chi connectivity index (χ4n) is 2.28. The van der Waals surface area contributed by atoms with Crippen LogP contribution in [-0.2, 0) is 20.8 Å². The second-order valence-electron chi connectivity index (χ2n) is 5.78. The number of allylic oxidation sites excluding steroid dienone is 2. The largest absolute Gasteiger partial charge is 0.465 e. The summed E-state index contributed by atoms with van der Waals surface area (Å²) in [5, 5.41) is 17.9. The molecule has 0 radical (unpaired) electrons. The predicted molar refractivity (Wildman–Crippen MR) is 116 cm³/mol. The van der Waals surface area contributed by atoms with Gasteiger partial charge in [0.25, 0.3) is 15.8 Å². The minimum absolute atomic E-state index is 0.151. The van der Waals surface area contributed by atoms with Gasteiger partial charge in [-0.1, -0.05) is 51.3 Å². The highest BCUT2D eigenvalue weighted by Gasteiger charge is 2.50. The summed E-state index contributed by atoms with van der Waals surface area (Å²) in [6, 6.07) is 2.74. The van der Waals surface area contributed by atoms with Crippen molar-refractivity contribution in [2.45, 2.75) is 20.3 Å². The third-order valence-corrected chi connectivity index (χ3v) is 7.49. The van der Waals surface area contributed by atoms with Gasteiger partial charge in [-0.05, 0) is 36.5 Å². The van der Waals surface area contributed by atoms with E-state index in [-0.39, 0.29) is 5.56 Å². The van der Waals surface area contributed by atoms with Gasteiger partial charge in [0.1, 0.15) is 4.90 Å². The molecule has 2 unspecified atom stereocenters. The zero-order valence-electron chi connectivity index (χ0n) is 14.6. The zero-order chi connectivity index (χ0) is 22.9. The molecule has 15 heteroatoms. The number of carbonyl (C=O) groups is 1. The van der Waals surface area contributed by atoms with Crippen LogP contribution >= 0.6 is 51.3 Å². The molecule has 0 aliphatic heterocycles. The molecular formula is C15H12BrCl2N3O7S2. The van der Waals surface area contributed by atoms with Crippen molar-refractivity contribution in [3.63, 3.8) is 0 Å². The maximum atomic E-state index is 12.7. The zero-order valence-corrected chi connectivity index (χ0v) is 19.3. The monoisotopic (exact) mass is 559 g/mol. The molecule has 1 aliphatic carbocycles. The highest BCUT2D eigenvalue weighted by molar-refractivity contribution is 9.10. The number of hydrogen-bond acceptors (Lipinski definition) is 7. The van der Waals surface area contributed by atoms with Gasteiger partial charge in [0.05, 0.1) is 11.5 Å². The number of nitrogens with zero attached hydrogens (tertiary/aromatic N) is 2. The van der Waals surface area contributed by atoms with Crippen LogP contribution in [0, 0.1) is 10.1 Å². The summed E-state index contributed by atoms with van der Waals surface area (Å²) in [5.41, 5.74) is 4.46. The second-order valence-corrected chi connectivity index (χ2v) is 10.6. The van der Waals surface area contributed by atoms with Crippen LogP contribution in [0.15, 0.2) is 47.4 Å². The van der Waals surface area contributed by atoms with Crippen LogP contribution in [0.1, 0.15) is 5.56 Å². The number of hydrogen-bond donors (Lipinski definition) is 2. The first kappa shape index (κ1) is 24.5. The molecule has 2 atom stereocenters. The van der Waals surface area contributed by atoms with Gasteiger partial charge >= 0.3 is 6.09 Å². The molecule has 0 saturated heterocycles. The van der Waals surface area contributed by atoms with Gasteiger partial charge in [0, 0.05) is 11.6 Å². The SMILES string of the molecule is NC(=S)N(Cc1ccc(S(=O)(=O)OC2(Cl)C=CC=CC2(Cl)Br)cc1[N+](=O)[O-])C(=O)O. The lowest BCUT2D eigenvalue weighted by Crippen LogP contribution is -2.43. The average molecular weight is 561 g/mol. The van der Waals surface area contributed by atoms with Gasteiger partial charge in [-0.25, -0.2) is 13.9 Å². The quantitative estimate of drug-likeness (QED) is 0.175. The first-order valence-corrected chi connectivity index (χ1v) is 11.0. The molecular weight excluding hydrogens is 549 g/mol. The highest BCUT2D eigenvalue weighted by Crippen LogP contribution is 2.47. The topological polar surface area (TPSA) is 153 Å². The normalized spacial score (nSPS) is 23.2. The van der Waals surface area contributed by atoms with E-state index in [1.165, 1.54) is 24.3 Å². The Kier molecular flexibility index (Phi) is 7.16. The van der Waals surface area contributed by atoms with Crippen LogP contribution < -0.4 is 5.73 Å². The third-order valence-electron chi connectivity index (χ3n) is 3.78. The van der Waals surface area contributed by atoms with Gasteiger partial charge in [0.2, 0.25) is 5.06 Å². The number of nitrogens with two attached hydrogens (primary N) is 1. The van der Waals surface area contributed by atoms with Crippen molar-refractivity contribution >= 4 is 78.4 Å². The lowest BCUT2D eigenvalue weighted by atomic mass is 10.1. The van der Waals surface area contributed by atoms with Crippen LogP contribution in [0.4, 0.5) is 10.5 Å². The van der Waals surface area contributed by atoms with Crippen molar-refractivity contribution in [2.75, 3.05) is 0 Å². The van der Waals surface area contributed by atoms with E-state index in [9.17, 15) is 23.3 Å². The summed E-state index contributed by atoms with van der Waals surface area (Å²) >= 11 is 20.0. The fourth-order valence-corrected chi connectivity index (χ4v) is 4.60. The Morgan fingerprint density at radius 1 is 1.37 bits per heavy atom. The summed E-state index contributed by atoms with van der Waals surface area (Å²) in [6.45, 7) is -0.568. The van der Waals surface area contributed by atoms with E-state index in [2.05, 4.69) is 28.1 Å². The van der Waals surface area contributed by atoms with Crippen molar-refractivity contribution in [3.8, 4) is 0 Å². The Morgan fingerprint density at radius 3 is 2.47 bits per heavy atom. The maximum Gasteiger partial charge on any atom is 0.413 e. The molecule has 0 saturated carbocycles. The third kappa shape index (κ3) is 5.10. The van der Waals surface area contributed by atoms with E-state index in [1.807, 2.05) is 0 Å². The Bertz CT molecular complexity index is 1060. The number of benzene rings is 1. The van der Waals surface area contributed by atoms with E-state index in [0.29, 0.717) is 11.0 Å². The van der Waals surface area contributed by atoms with E-state index >= 15 is 0 Å². The first-order valence-electron chi connectivity index (χ1n) is 7.67. The summed E-state index contributed by atoms with van der Waals surface area (Å²) in [4.78, 5) is 21.6. The molecule has 30 heavy (non-hydrogen) atoms. The lowest BCUT2D eigenvalue weighted by molar-refractivity contribution is -0.385. The molecule has 0 bridgehead atoms. The predicted octanol–water partition coefficient (Wildman–Crippen LogP) is 3.41. The average Bonchev–Trinajstić information content (AvgIpc) is 2.61. The number of thiocarbonyl (C=S) groups is 1. The summed E-state index contributed by atoms with van der Waals surface area (Å²) in [6.07, 6.45) is 3.91. The molecule has 0 spiro atoms. The molecule has 2 rings (SSSR count). The van der Waals surface area contributed by atoms with Crippen LogP contribution in [0.5, 0.6) is 0 Å². The Morgan fingerprint density at radius 2 is 1.97 bits per heavy atom. The molecule has 1 aromatic carbocycles. The van der Waals surface area contributed by atoms with Crippen LogP contribution in [-0.4, -0.2) is 43.4 Å². The molecule has 1 aromatic rings. The molecule has 162 valence electrons. The van der Waals surface area contributed by atoms with Crippen LogP contribution in [0.3, 0.4) is 0 Å². The molecule has 10 nitrogen and oxygen atoms in total.